The highest BCUT2D eigenvalue weighted by Gasteiger charge is 2.27. The second-order valence-corrected chi connectivity index (χ2v) is 9.03. The van der Waals surface area contributed by atoms with Gasteiger partial charge < -0.3 is 14.6 Å². The molecule has 2 aliphatic carbocycles. The van der Waals surface area contributed by atoms with E-state index in [0.29, 0.717) is 6.61 Å². The van der Waals surface area contributed by atoms with Gasteiger partial charge in [-0.1, -0.05) is 48.6 Å². The number of benzene rings is 1. The van der Waals surface area contributed by atoms with Crippen LogP contribution in [0.3, 0.4) is 0 Å². The van der Waals surface area contributed by atoms with Crippen LogP contribution in [-0.2, 0) is 9.47 Å². The Morgan fingerprint density at radius 2 is 1.73 bits per heavy atom. The zero-order valence-electron chi connectivity index (χ0n) is 17.4. The van der Waals surface area contributed by atoms with E-state index in [1.54, 1.807) is 19.2 Å². The summed E-state index contributed by atoms with van der Waals surface area (Å²) in [6.07, 6.45) is 18.5. The van der Waals surface area contributed by atoms with Crippen LogP contribution < -0.4 is 0 Å². The third kappa shape index (κ3) is 4.11. The monoisotopic (exact) mass is 418 g/mol. The summed E-state index contributed by atoms with van der Waals surface area (Å²) >= 11 is 4.69. The van der Waals surface area contributed by atoms with Crippen molar-refractivity contribution in [3.8, 4) is 5.75 Å². The molecule has 30 heavy (non-hydrogen) atoms. The van der Waals surface area contributed by atoms with Gasteiger partial charge in [0, 0.05) is 23.0 Å². The van der Waals surface area contributed by atoms with Crippen molar-refractivity contribution in [2.24, 2.45) is 0 Å². The number of methoxy groups -OCH3 is 1. The predicted octanol–water partition coefficient (Wildman–Crippen LogP) is 5.70. The van der Waals surface area contributed by atoms with Crippen LogP contribution in [0.15, 0.2) is 101 Å². The SMILES string of the molecule is COC1(C)C=CC2=C(C=C1)C(c1ccc(O)cc1)=C(C1=CC=CC(C)(S)C=C1)CO2. The van der Waals surface area contributed by atoms with Crippen LogP contribution in [0.25, 0.3) is 5.57 Å². The molecule has 2 atom stereocenters. The molecule has 0 saturated carbocycles. The Morgan fingerprint density at radius 3 is 2.47 bits per heavy atom. The Hall–Kier alpha value is -2.69. The summed E-state index contributed by atoms with van der Waals surface area (Å²) in [5.41, 5.74) is 4.77. The Bertz CT molecular complexity index is 1060. The number of hydrogen-bond donors (Lipinski definition) is 2. The molecule has 1 aliphatic heterocycles. The molecule has 0 radical (unpaired) electrons. The Balaban J connectivity index is 1.91. The topological polar surface area (TPSA) is 38.7 Å². The first-order valence-electron chi connectivity index (χ1n) is 9.95. The Labute approximate surface area is 183 Å². The summed E-state index contributed by atoms with van der Waals surface area (Å²) in [4.78, 5) is 0. The van der Waals surface area contributed by atoms with Crippen molar-refractivity contribution in [2.75, 3.05) is 13.7 Å². The van der Waals surface area contributed by atoms with Crippen molar-refractivity contribution in [1.29, 1.82) is 0 Å². The molecular weight excluding hydrogens is 392 g/mol. The number of aromatic hydroxyl groups is 1. The molecule has 0 spiro atoms. The quantitative estimate of drug-likeness (QED) is 0.618. The molecule has 0 saturated heterocycles. The first kappa shape index (κ1) is 20.6. The predicted molar refractivity (Wildman–Crippen MR) is 125 cm³/mol. The minimum Gasteiger partial charge on any atom is -0.508 e. The molecule has 1 aromatic carbocycles. The number of phenols is 1. The van der Waals surface area contributed by atoms with Crippen LogP contribution in [0.2, 0.25) is 0 Å². The van der Waals surface area contributed by atoms with Crippen LogP contribution >= 0.6 is 12.6 Å². The van der Waals surface area contributed by atoms with Gasteiger partial charge in [0.15, 0.2) is 0 Å². The first-order chi connectivity index (χ1) is 14.3. The average Bonchev–Trinajstić information content (AvgIpc) is 3.02. The molecule has 0 fully saturated rings. The van der Waals surface area contributed by atoms with Crippen LogP contribution in [0.5, 0.6) is 5.75 Å². The van der Waals surface area contributed by atoms with Crippen molar-refractivity contribution in [1.82, 2.24) is 0 Å². The molecule has 1 N–H and O–H groups in total. The van der Waals surface area contributed by atoms with Crippen molar-refractivity contribution in [3.63, 3.8) is 0 Å². The van der Waals surface area contributed by atoms with Gasteiger partial charge in [0.25, 0.3) is 0 Å². The van der Waals surface area contributed by atoms with Gasteiger partial charge in [-0.15, -0.1) is 0 Å². The summed E-state index contributed by atoms with van der Waals surface area (Å²) in [7, 11) is 1.70. The largest absolute Gasteiger partial charge is 0.508 e. The number of thiol groups is 1. The van der Waals surface area contributed by atoms with Crippen molar-refractivity contribution in [3.05, 3.63) is 107 Å². The van der Waals surface area contributed by atoms with Gasteiger partial charge in [-0.25, -0.2) is 0 Å². The van der Waals surface area contributed by atoms with Crippen LogP contribution in [0.4, 0.5) is 0 Å². The molecule has 4 heteroatoms. The van der Waals surface area contributed by atoms with E-state index in [1.807, 2.05) is 43.4 Å². The fraction of sp³-hybridized carbons (Fsp3) is 0.231. The summed E-state index contributed by atoms with van der Waals surface area (Å²) < 4.78 is 11.6. The standard InChI is InChI=1S/C26H26O3S/c1-25(28-3)14-11-21-23(12-15-25)29-17-22(18-5-4-13-26(2,30)16-10-18)24(21)19-6-8-20(27)9-7-19/h4-16,27,30H,17H2,1-3H3. The molecule has 1 heterocycles. The lowest BCUT2D eigenvalue weighted by Gasteiger charge is -2.25. The highest BCUT2D eigenvalue weighted by molar-refractivity contribution is 7.82. The summed E-state index contributed by atoms with van der Waals surface area (Å²) in [5, 5.41) is 9.81. The van der Waals surface area contributed by atoms with E-state index in [-0.39, 0.29) is 10.5 Å². The fourth-order valence-electron chi connectivity index (χ4n) is 3.67. The molecule has 154 valence electrons. The Kier molecular flexibility index (Phi) is 5.39. The molecule has 0 bridgehead atoms. The van der Waals surface area contributed by atoms with Crippen molar-refractivity contribution >= 4 is 18.2 Å². The Morgan fingerprint density at radius 1 is 1.00 bits per heavy atom. The number of rotatable bonds is 3. The molecule has 0 amide bonds. The van der Waals surface area contributed by atoms with E-state index in [9.17, 15) is 5.11 Å². The first-order valence-corrected chi connectivity index (χ1v) is 10.4. The number of hydrogen-bond acceptors (Lipinski definition) is 4. The molecule has 4 rings (SSSR count). The zero-order chi connectivity index (χ0) is 21.4. The van der Waals surface area contributed by atoms with Gasteiger partial charge in [0.2, 0.25) is 0 Å². The fourth-order valence-corrected chi connectivity index (χ4v) is 3.83. The highest BCUT2D eigenvalue weighted by atomic mass is 32.1. The molecule has 1 aromatic rings. The van der Waals surface area contributed by atoms with Crippen molar-refractivity contribution in [2.45, 2.75) is 24.2 Å². The van der Waals surface area contributed by atoms with Crippen LogP contribution in [-0.4, -0.2) is 29.2 Å². The minimum absolute atomic E-state index is 0.243. The average molecular weight is 419 g/mol. The van der Waals surface area contributed by atoms with Gasteiger partial charge >= 0.3 is 0 Å². The van der Waals surface area contributed by atoms with Gasteiger partial charge in [-0.05, 0) is 60.9 Å². The van der Waals surface area contributed by atoms with E-state index in [4.69, 9.17) is 9.47 Å². The van der Waals surface area contributed by atoms with Crippen molar-refractivity contribution < 1.29 is 14.6 Å². The molecule has 2 unspecified atom stereocenters. The summed E-state index contributed by atoms with van der Waals surface area (Å²) in [6, 6.07) is 7.32. The molecular formula is C26H26O3S. The molecule has 3 aliphatic rings. The second kappa shape index (κ2) is 7.86. The number of phenolic OH excluding ortho intramolecular Hbond substituents is 1. The maximum atomic E-state index is 9.81. The number of ether oxygens (including phenoxy) is 2. The number of allylic oxidation sites excluding steroid dienone is 7. The van der Waals surface area contributed by atoms with Gasteiger partial charge in [-0.3, -0.25) is 0 Å². The second-order valence-electron chi connectivity index (χ2n) is 8.06. The lowest BCUT2D eigenvalue weighted by atomic mass is 9.86. The third-order valence-electron chi connectivity index (χ3n) is 5.61. The third-order valence-corrected chi connectivity index (χ3v) is 5.91. The summed E-state index contributed by atoms with van der Waals surface area (Å²) in [5.74, 6) is 1.06. The van der Waals surface area contributed by atoms with E-state index >= 15 is 0 Å². The van der Waals surface area contributed by atoms with Crippen LogP contribution in [0.1, 0.15) is 19.4 Å². The van der Waals surface area contributed by atoms with E-state index in [0.717, 1.165) is 33.6 Å². The van der Waals surface area contributed by atoms with E-state index in [2.05, 4.69) is 49.9 Å². The van der Waals surface area contributed by atoms with E-state index < -0.39 is 5.60 Å². The molecule has 3 nitrogen and oxygen atoms in total. The maximum absolute atomic E-state index is 9.81. The normalized spacial score (nSPS) is 28.1. The van der Waals surface area contributed by atoms with Crippen LogP contribution in [0, 0.1) is 0 Å². The lowest BCUT2D eigenvalue weighted by Crippen LogP contribution is -2.20. The van der Waals surface area contributed by atoms with Gasteiger partial charge in [-0.2, -0.15) is 12.6 Å². The minimum atomic E-state index is -0.501. The highest BCUT2D eigenvalue weighted by Crippen LogP contribution is 2.40. The summed E-state index contributed by atoms with van der Waals surface area (Å²) in [6.45, 7) is 4.51. The zero-order valence-corrected chi connectivity index (χ0v) is 18.3. The molecule has 0 aromatic heterocycles. The van der Waals surface area contributed by atoms with Gasteiger partial charge in [0.1, 0.15) is 23.7 Å². The van der Waals surface area contributed by atoms with Gasteiger partial charge in [0.05, 0.1) is 0 Å². The smallest absolute Gasteiger partial charge is 0.127 e. The lowest BCUT2D eigenvalue weighted by molar-refractivity contribution is 0.0906. The maximum Gasteiger partial charge on any atom is 0.127 e. The van der Waals surface area contributed by atoms with E-state index in [1.165, 1.54) is 0 Å².